The van der Waals surface area contributed by atoms with Gasteiger partial charge in [-0.1, -0.05) is 30.4 Å². The summed E-state index contributed by atoms with van der Waals surface area (Å²) in [5.41, 5.74) is -0.855. The first-order chi connectivity index (χ1) is 14.1. The summed E-state index contributed by atoms with van der Waals surface area (Å²) in [4.78, 5) is 10.5. The van der Waals surface area contributed by atoms with E-state index in [0.29, 0.717) is 6.42 Å². The fourth-order valence-corrected chi connectivity index (χ4v) is 3.40. The van der Waals surface area contributed by atoms with Crippen molar-refractivity contribution in [2.75, 3.05) is 6.61 Å². The molecule has 0 amide bonds. The lowest BCUT2D eigenvalue weighted by molar-refractivity contribution is -0.138. The highest BCUT2D eigenvalue weighted by atomic mass is 19.4. The van der Waals surface area contributed by atoms with Crippen molar-refractivity contribution in [1.29, 1.82) is 0 Å². The van der Waals surface area contributed by atoms with Gasteiger partial charge in [-0.15, -0.1) is 0 Å². The summed E-state index contributed by atoms with van der Waals surface area (Å²) >= 11 is 0. The topological polar surface area (TPSA) is 107 Å². The van der Waals surface area contributed by atoms with Crippen LogP contribution in [0.5, 0.6) is 5.75 Å². The van der Waals surface area contributed by atoms with Crippen LogP contribution < -0.4 is 4.74 Å². The van der Waals surface area contributed by atoms with Crippen molar-refractivity contribution < 1.29 is 43.1 Å². The van der Waals surface area contributed by atoms with Crippen molar-refractivity contribution in [2.45, 2.75) is 43.8 Å². The fourth-order valence-electron chi connectivity index (χ4n) is 3.40. The van der Waals surface area contributed by atoms with Crippen molar-refractivity contribution in [3.8, 4) is 5.75 Å². The average molecular weight is 430 g/mol. The predicted octanol–water partition coefficient (Wildman–Crippen LogP) is 2.78. The monoisotopic (exact) mass is 430 g/mol. The second-order valence-corrected chi connectivity index (χ2v) is 7.21. The second kappa shape index (κ2) is 10.6. The summed E-state index contributed by atoms with van der Waals surface area (Å²) in [6, 6.07) is 4.31. The van der Waals surface area contributed by atoms with Crippen LogP contribution in [0.25, 0.3) is 0 Å². The molecule has 1 saturated carbocycles. The van der Waals surface area contributed by atoms with E-state index in [-0.39, 0.29) is 31.1 Å². The second-order valence-electron chi connectivity index (χ2n) is 7.21. The molecular weight excluding hydrogens is 405 g/mol. The summed E-state index contributed by atoms with van der Waals surface area (Å²) < 4.78 is 43.4. The van der Waals surface area contributed by atoms with Crippen LogP contribution in [0.1, 0.15) is 24.8 Å². The molecule has 166 valence electrons. The Morgan fingerprint density at radius 2 is 1.97 bits per heavy atom. The van der Waals surface area contributed by atoms with Gasteiger partial charge in [0.25, 0.3) is 0 Å². The summed E-state index contributed by atoms with van der Waals surface area (Å²) in [7, 11) is 0. The fraction of sp³-hybridized carbons (Fsp3) is 0.476. The molecule has 0 radical (unpaired) electrons. The SMILES string of the molecule is O=C(O)C/C=C\C[C@@H]1[C@@H](/C=C/[C@H](O)COc2cccc(C(F)(F)F)c2)[C@H](O)C[C@@H]1O. The standard InChI is InChI=1S/C21H25F3O6/c22-21(23,24)13-4-3-5-15(10-13)30-12-14(25)8-9-17-16(18(26)11-19(17)27)6-1-2-7-20(28)29/h1-5,8-10,14,16-19,25-27H,6-7,11-12H2,(H,28,29)/b2-1-,9-8+/t14-,16+,17+,18-,19+/m0/s1. The van der Waals surface area contributed by atoms with E-state index in [1.165, 1.54) is 24.3 Å². The van der Waals surface area contributed by atoms with E-state index in [1.807, 2.05) is 0 Å². The van der Waals surface area contributed by atoms with E-state index in [4.69, 9.17) is 9.84 Å². The molecule has 1 aliphatic rings. The lowest BCUT2D eigenvalue weighted by Crippen LogP contribution is -2.21. The van der Waals surface area contributed by atoms with Gasteiger partial charge in [-0.05, 0) is 30.5 Å². The number of alkyl halides is 3. The van der Waals surface area contributed by atoms with E-state index in [0.717, 1.165) is 12.1 Å². The largest absolute Gasteiger partial charge is 0.491 e. The molecule has 9 heteroatoms. The number of hydrogen-bond donors (Lipinski definition) is 4. The summed E-state index contributed by atoms with van der Waals surface area (Å²) in [5, 5.41) is 39.0. The molecule has 1 aromatic rings. The Hall–Kier alpha value is -2.36. The van der Waals surface area contributed by atoms with Crippen LogP contribution in [0.3, 0.4) is 0 Å². The maximum Gasteiger partial charge on any atom is 0.416 e. The van der Waals surface area contributed by atoms with E-state index < -0.39 is 41.9 Å². The molecule has 0 spiro atoms. The van der Waals surface area contributed by atoms with Crippen molar-refractivity contribution >= 4 is 5.97 Å². The number of aliphatic hydroxyl groups excluding tert-OH is 3. The molecule has 30 heavy (non-hydrogen) atoms. The molecule has 4 N–H and O–H groups in total. The highest BCUT2D eigenvalue weighted by Crippen LogP contribution is 2.36. The van der Waals surface area contributed by atoms with Gasteiger partial charge in [0, 0.05) is 12.3 Å². The number of rotatable bonds is 9. The Kier molecular flexibility index (Phi) is 8.45. The zero-order valence-corrected chi connectivity index (χ0v) is 16.1. The van der Waals surface area contributed by atoms with Gasteiger partial charge < -0.3 is 25.2 Å². The number of carboxylic acids is 1. The van der Waals surface area contributed by atoms with E-state index >= 15 is 0 Å². The quantitative estimate of drug-likeness (QED) is 0.449. The Bertz CT molecular complexity index is 761. The van der Waals surface area contributed by atoms with Crippen LogP contribution in [-0.2, 0) is 11.0 Å². The van der Waals surface area contributed by atoms with Gasteiger partial charge in [0.2, 0.25) is 0 Å². The molecule has 1 aliphatic carbocycles. The van der Waals surface area contributed by atoms with Gasteiger partial charge in [0.05, 0.1) is 24.2 Å². The van der Waals surface area contributed by atoms with Crippen LogP contribution in [0, 0.1) is 11.8 Å². The van der Waals surface area contributed by atoms with E-state index in [1.54, 1.807) is 12.2 Å². The smallest absolute Gasteiger partial charge is 0.416 e. The summed E-state index contributed by atoms with van der Waals surface area (Å²) in [6.45, 7) is -0.285. The number of aliphatic carboxylic acids is 1. The molecule has 2 rings (SSSR count). The number of carboxylic acid groups (broad SMARTS) is 1. The van der Waals surface area contributed by atoms with Crippen LogP contribution in [0.15, 0.2) is 48.6 Å². The third-order valence-electron chi connectivity index (χ3n) is 4.92. The first kappa shape index (κ1) is 23.9. The van der Waals surface area contributed by atoms with Gasteiger partial charge in [-0.2, -0.15) is 13.2 Å². The Morgan fingerprint density at radius 3 is 2.63 bits per heavy atom. The maximum atomic E-state index is 12.7. The molecule has 5 atom stereocenters. The van der Waals surface area contributed by atoms with E-state index in [9.17, 15) is 33.3 Å². The van der Waals surface area contributed by atoms with Gasteiger partial charge in [0.15, 0.2) is 0 Å². The number of aliphatic hydroxyl groups is 3. The Balaban J connectivity index is 1.92. The zero-order valence-electron chi connectivity index (χ0n) is 16.1. The molecule has 6 nitrogen and oxygen atoms in total. The third-order valence-corrected chi connectivity index (χ3v) is 4.92. The first-order valence-electron chi connectivity index (χ1n) is 9.47. The van der Waals surface area contributed by atoms with Crippen molar-refractivity contribution in [3.63, 3.8) is 0 Å². The molecule has 0 unspecified atom stereocenters. The Morgan fingerprint density at radius 1 is 1.23 bits per heavy atom. The van der Waals surface area contributed by atoms with Crippen LogP contribution in [-0.4, -0.2) is 51.3 Å². The Labute approximate surface area is 171 Å². The highest BCUT2D eigenvalue weighted by Gasteiger charge is 2.39. The molecule has 0 bridgehead atoms. The molecular formula is C21H25F3O6. The number of carbonyl (C=O) groups is 1. The van der Waals surface area contributed by atoms with Crippen molar-refractivity contribution in [2.24, 2.45) is 11.8 Å². The summed E-state index contributed by atoms with van der Waals surface area (Å²) in [5.74, 6) is -1.82. The lowest BCUT2D eigenvalue weighted by Gasteiger charge is -2.19. The minimum absolute atomic E-state index is 0.0324. The third kappa shape index (κ3) is 7.16. The summed E-state index contributed by atoms with van der Waals surface area (Å²) in [6.07, 6.45) is -0.832. The molecule has 1 fully saturated rings. The molecule has 0 heterocycles. The number of benzene rings is 1. The molecule has 1 aromatic carbocycles. The molecule has 0 saturated heterocycles. The predicted molar refractivity (Wildman–Crippen MR) is 102 cm³/mol. The number of halogens is 3. The number of allylic oxidation sites excluding steroid dienone is 1. The number of hydrogen-bond acceptors (Lipinski definition) is 5. The van der Waals surface area contributed by atoms with Gasteiger partial charge in [-0.25, -0.2) is 0 Å². The maximum absolute atomic E-state index is 12.7. The average Bonchev–Trinajstić information content (AvgIpc) is 2.93. The zero-order chi connectivity index (χ0) is 22.3. The van der Waals surface area contributed by atoms with Gasteiger partial charge >= 0.3 is 12.1 Å². The first-order valence-corrected chi connectivity index (χ1v) is 9.47. The van der Waals surface area contributed by atoms with Crippen LogP contribution >= 0.6 is 0 Å². The van der Waals surface area contributed by atoms with Crippen LogP contribution in [0.2, 0.25) is 0 Å². The van der Waals surface area contributed by atoms with E-state index in [2.05, 4.69) is 0 Å². The van der Waals surface area contributed by atoms with Crippen molar-refractivity contribution in [3.05, 3.63) is 54.1 Å². The lowest BCUT2D eigenvalue weighted by atomic mass is 9.89. The van der Waals surface area contributed by atoms with Gasteiger partial charge in [0.1, 0.15) is 18.5 Å². The highest BCUT2D eigenvalue weighted by molar-refractivity contribution is 5.68. The van der Waals surface area contributed by atoms with Gasteiger partial charge in [-0.3, -0.25) is 4.79 Å². The minimum Gasteiger partial charge on any atom is -0.491 e. The molecule has 0 aromatic heterocycles. The molecule has 0 aliphatic heterocycles. The number of ether oxygens (including phenoxy) is 1. The van der Waals surface area contributed by atoms with Crippen molar-refractivity contribution in [1.82, 2.24) is 0 Å². The normalized spacial score (nSPS) is 25.8. The van der Waals surface area contributed by atoms with Crippen LogP contribution in [0.4, 0.5) is 13.2 Å². The minimum atomic E-state index is -4.49.